The van der Waals surface area contributed by atoms with Crippen molar-refractivity contribution in [1.82, 2.24) is 0 Å². The van der Waals surface area contributed by atoms with E-state index in [2.05, 4.69) is 6.92 Å². The molecule has 15 heavy (non-hydrogen) atoms. The monoisotopic (exact) mass is 204 g/mol. The number of aldehydes is 1. The fourth-order valence-corrected chi connectivity index (χ4v) is 1.61. The number of methoxy groups -OCH3 is 1. The summed E-state index contributed by atoms with van der Waals surface area (Å²) in [4.78, 5) is 10.6. The number of hydrogen-bond donors (Lipinski definition) is 0. The van der Waals surface area contributed by atoms with Crippen LogP contribution in [0.3, 0.4) is 0 Å². The summed E-state index contributed by atoms with van der Waals surface area (Å²) in [5.41, 5.74) is 1.80. The first-order chi connectivity index (χ1) is 7.28. The SMILES string of the molecule is CCc1cc(OC)c2oc(C=O)cc2c1. The molecule has 3 heteroatoms. The van der Waals surface area contributed by atoms with Crippen molar-refractivity contribution in [1.29, 1.82) is 0 Å². The fraction of sp³-hybridized carbons (Fsp3) is 0.250. The van der Waals surface area contributed by atoms with E-state index in [-0.39, 0.29) is 0 Å². The number of rotatable bonds is 3. The molecule has 3 nitrogen and oxygen atoms in total. The topological polar surface area (TPSA) is 39.4 Å². The summed E-state index contributed by atoms with van der Waals surface area (Å²) < 4.78 is 10.6. The second-order valence-corrected chi connectivity index (χ2v) is 3.34. The van der Waals surface area contributed by atoms with Gasteiger partial charge in [0, 0.05) is 5.39 Å². The van der Waals surface area contributed by atoms with Crippen molar-refractivity contribution < 1.29 is 13.9 Å². The molecule has 0 N–H and O–H groups in total. The fourth-order valence-electron chi connectivity index (χ4n) is 1.61. The lowest BCUT2D eigenvalue weighted by molar-refractivity contribution is 0.110. The third-order valence-corrected chi connectivity index (χ3v) is 2.41. The van der Waals surface area contributed by atoms with E-state index >= 15 is 0 Å². The Balaban J connectivity index is 2.71. The summed E-state index contributed by atoms with van der Waals surface area (Å²) in [6.45, 7) is 2.07. The van der Waals surface area contributed by atoms with Crippen molar-refractivity contribution in [3.63, 3.8) is 0 Å². The molecule has 1 aromatic carbocycles. The second kappa shape index (κ2) is 3.77. The van der Waals surface area contributed by atoms with Crippen LogP contribution in [0.25, 0.3) is 11.0 Å². The minimum atomic E-state index is 0.330. The van der Waals surface area contributed by atoms with Crippen molar-refractivity contribution >= 4 is 17.3 Å². The van der Waals surface area contributed by atoms with E-state index in [0.717, 1.165) is 17.4 Å². The maximum atomic E-state index is 10.6. The highest BCUT2D eigenvalue weighted by Gasteiger charge is 2.09. The zero-order chi connectivity index (χ0) is 10.8. The smallest absolute Gasteiger partial charge is 0.185 e. The van der Waals surface area contributed by atoms with Gasteiger partial charge in [-0.3, -0.25) is 4.79 Å². The van der Waals surface area contributed by atoms with Crippen LogP contribution in [0.5, 0.6) is 5.75 Å². The molecule has 0 aliphatic heterocycles. The van der Waals surface area contributed by atoms with Crippen LogP contribution in [0.4, 0.5) is 0 Å². The largest absolute Gasteiger partial charge is 0.493 e. The highest BCUT2D eigenvalue weighted by atomic mass is 16.5. The van der Waals surface area contributed by atoms with Gasteiger partial charge in [-0.2, -0.15) is 0 Å². The second-order valence-electron chi connectivity index (χ2n) is 3.34. The lowest BCUT2D eigenvalue weighted by Gasteiger charge is -2.03. The highest BCUT2D eigenvalue weighted by molar-refractivity contribution is 5.89. The Morgan fingerprint density at radius 2 is 2.20 bits per heavy atom. The summed E-state index contributed by atoms with van der Waals surface area (Å²) >= 11 is 0. The number of carbonyl (C=O) groups excluding carboxylic acids is 1. The first kappa shape index (κ1) is 9.77. The van der Waals surface area contributed by atoms with Gasteiger partial charge in [0.05, 0.1) is 7.11 Å². The van der Waals surface area contributed by atoms with Crippen LogP contribution < -0.4 is 4.74 Å². The zero-order valence-corrected chi connectivity index (χ0v) is 8.74. The van der Waals surface area contributed by atoms with Gasteiger partial charge < -0.3 is 9.15 Å². The van der Waals surface area contributed by atoms with Crippen LogP contribution in [0.1, 0.15) is 23.0 Å². The van der Waals surface area contributed by atoms with Gasteiger partial charge >= 0.3 is 0 Å². The first-order valence-corrected chi connectivity index (χ1v) is 4.84. The standard InChI is InChI=1S/C12H12O3/c1-3-8-4-9-6-10(7-13)15-12(9)11(5-8)14-2/h4-7H,3H2,1-2H3. The molecular weight excluding hydrogens is 192 g/mol. The molecule has 0 aliphatic carbocycles. The average Bonchev–Trinajstić information content (AvgIpc) is 2.70. The molecule has 0 saturated heterocycles. The number of aryl methyl sites for hydroxylation is 1. The van der Waals surface area contributed by atoms with Gasteiger partial charge in [0.25, 0.3) is 0 Å². The quantitative estimate of drug-likeness (QED) is 0.721. The summed E-state index contributed by atoms with van der Waals surface area (Å²) in [5, 5.41) is 0.910. The van der Waals surface area contributed by atoms with Crippen LogP contribution in [0, 0.1) is 0 Å². The molecule has 0 bridgehead atoms. The maximum absolute atomic E-state index is 10.6. The van der Waals surface area contributed by atoms with Gasteiger partial charge in [0.15, 0.2) is 23.4 Å². The number of furan rings is 1. The van der Waals surface area contributed by atoms with Crippen LogP contribution in [0.2, 0.25) is 0 Å². The van der Waals surface area contributed by atoms with Gasteiger partial charge in [-0.05, 0) is 30.2 Å². The number of fused-ring (bicyclic) bond motifs is 1. The molecule has 2 aromatic rings. The Morgan fingerprint density at radius 3 is 2.80 bits per heavy atom. The Hall–Kier alpha value is -1.77. The van der Waals surface area contributed by atoms with E-state index < -0.39 is 0 Å². The van der Waals surface area contributed by atoms with Gasteiger partial charge in [-0.1, -0.05) is 6.92 Å². The van der Waals surface area contributed by atoms with Crippen molar-refractivity contribution in [2.24, 2.45) is 0 Å². The average molecular weight is 204 g/mol. The van der Waals surface area contributed by atoms with Gasteiger partial charge in [0.2, 0.25) is 0 Å². The predicted octanol–water partition coefficient (Wildman–Crippen LogP) is 2.82. The molecule has 0 amide bonds. The molecule has 0 spiro atoms. The van der Waals surface area contributed by atoms with E-state index in [1.54, 1.807) is 13.2 Å². The minimum Gasteiger partial charge on any atom is -0.493 e. The van der Waals surface area contributed by atoms with E-state index in [9.17, 15) is 4.79 Å². The molecule has 1 aromatic heterocycles. The zero-order valence-electron chi connectivity index (χ0n) is 8.74. The van der Waals surface area contributed by atoms with E-state index in [1.807, 2.05) is 12.1 Å². The lowest BCUT2D eigenvalue weighted by atomic mass is 10.1. The Kier molecular flexibility index (Phi) is 2.46. The van der Waals surface area contributed by atoms with Crippen LogP contribution >= 0.6 is 0 Å². The van der Waals surface area contributed by atoms with E-state index in [4.69, 9.17) is 9.15 Å². The summed E-state index contributed by atoms with van der Waals surface area (Å²) in [6.07, 6.45) is 1.62. The van der Waals surface area contributed by atoms with E-state index in [1.165, 1.54) is 0 Å². The molecule has 0 saturated carbocycles. The highest BCUT2D eigenvalue weighted by Crippen LogP contribution is 2.30. The van der Waals surface area contributed by atoms with Gasteiger partial charge in [-0.15, -0.1) is 0 Å². The third kappa shape index (κ3) is 1.61. The maximum Gasteiger partial charge on any atom is 0.185 e. The number of benzene rings is 1. The van der Waals surface area contributed by atoms with E-state index in [0.29, 0.717) is 23.4 Å². The molecule has 0 radical (unpaired) electrons. The summed E-state index contributed by atoms with van der Waals surface area (Å²) in [5.74, 6) is 1.01. The van der Waals surface area contributed by atoms with Crippen molar-refractivity contribution in [3.05, 3.63) is 29.5 Å². The Morgan fingerprint density at radius 1 is 1.40 bits per heavy atom. The van der Waals surface area contributed by atoms with Gasteiger partial charge in [0.1, 0.15) is 0 Å². The molecule has 1 heterocycles. The normalized spacial score (nSPS) is 10.5. The molecule has 0 atom stereocenters. The van der Waals surface area contributed by atoms with Crippen LogP contribution in [0.15, 0.2) is 22.6 Å². The summed E-state index contributed by atoms with van der Waals surface area (Å²) in [6, 6.07) is 5.67. The number of hydrogen-bond acceptors (Lipinski definition) is 3. The third-order valence-electron chi connectivity index (χ3n) is 2.41. The molecule has 2 rings (SSSR count). The Bertz CT molecular complexity index is 497. The molecule has 0 unspecified atom stereocenters. The van der Waals surface area contributed by atoms with Gasteiger partial charge in [-0.25, -0.2) is 0 Å². The summed E-state index contributed by atoms with van der Waals surface area (Å²) in [7, 11) is 1.59. The first-order valence-electron chi connectivity index (χ1n) is 4.84. The predicted molar refractivity (Wildman–Crippen MR) is 57.5 cm³/mol. The number of ether oxygens (including phenoxy) is 1. The Labute approximate surface area is 87.6 Å². The van der Waals surface area contributed by atoms with Crippen LogP contribution in [-0.4, -0.2) is 13.4 Å². The molecule has 0 aliphatic rings. The minimum absolute atomic E-state index is 0.330. The molecule has 0 fully saturated rings. The number of carbonyl (C=O) groups is 1. The van der Waals surface area contributed by atoms with Crippen LogP contribution in [-0.2, 0) is 6.42 Å². The van der Waals surface area contributed by atoms with Crippen molar-refractivity contribution in [2.45, 2.75) is 13.3 Å². The molecular formula is C12H12O3. The van der Waals surface area contributed by atoms with Crippen molar-refractivity contribution in [2.75, 3.05) is 7.11 Å². The van der Waals surface area contributed by atoms with Crippen molar-refractivity contribution in [3.8, 4) is 5.75 Å². The molecule has 78 valence electrons. The lowest BCUT2D eigenvalue weighted by Crippen LogP contribution is -1.86.